The molecule has 1 aromatic heterocycles. The van der Waals surface area contributed by atoms with Crippen LogP contribution >= 0.6 is 0 Å². The first-order chi connectivity index (χ1) is 13.0. The van der Waals surface area contributed by atoms with Crippen LogP contribution in [0.5, 0.6) is 5.75 Å². The molecule has 6 nitrogen and oxygen atoms in total. The molecule has 1 unspecified atom stereocenters. The molecule has 0 saturated carbocycles. The summed E-state index contributed by atoms with van der Waals surface area (Å²) in [5, 5.41) is 3.00. The number of hydrogen-bond donors (Lipinski definition) is 2. The second kappa shape index (κ2) is 8.29. The first-order valence-corrected chi connectivity index (χ1v) is 9.34. The van der Waals surface area contributed by atoms with Crippen molar-refractivity contribution in [1.82, 2.24) is 15.2 Å². The predicted octanol–water partition coefficient (Wildman–Crippen LogP) is 2.81. The summed E-state index contributed by atoms with van der Waals surface area (Å²) in [5.41, 5.74) is 3.57. The molecule has 2 N–H and O–H groups in total. The number of nitrogens with one attached hydrogen (secondary N) is 2. The van der Waals surface area contributed by atoms with Crippen LogP contribution in [0.1, 0.15) is 40.2 Å². The van der Waals surface area contributed by atoms with Gasteiger partial charge < -0.3 is 19.9 Å². The number of aryl methyl sites for hydroxylation is 2. The van der Waals surface area contributed by atoms with Crippen LogP contribution in [0.15, 0.2) is 30.3 Å². The monoisotopic (exact) mass is 369 g/mol. The van der Waals surface area contributed by atoms with Crippen LogP contribution in [0.4, 0.5) is 0 Å². The van der Waals surface area contributed by atoms with E-state index in [2.05, 4.69) is 10.3 Å². The summed E-state index contributed by atoms with van der Waals surface area (Å²) in [7, 11) is 1.63. The fourth-order valence-electron chi connectivity index (χ4n) is 3.56. The van der Waals surface area contributed by atoms with Crippen LogP contribution in [0, 0.1) is 19.8 Å². The third-order valence-electron chi connectivity index (χ3n) is 5.07. The zero-order chi connectivity index (χ0) is 19.4. The molecule has 144 valence electrons. The summed E-state index contributed by atoms with van der Waals surface area (Å²) in [4.78, 5) is 30.3. The Kier molecular flexibility index (Phi) is 5.84. The Bertz CT molecular complexity index is 811. The summed E-state index contributed by atoms with van der Waals surface area (Å²) in [5.74, 6) is 0.606. The van der Waals surface area contributed by atoms with Crippen molar-refractivity contribution < 1.29 is 14.3 Å². The van der Waals surface area contributed by atoms with Crippen LogP contribution in [0.25, 0.3) is 0 Å². The van der Waals surface area contributed by atoms with E-state index in [-0.39, 0.29) is 17.7 Å². The highest BCUT2D eigenvalue weighted by atomic mass is 16.5. The number of carbonyl (C=O) groups is 2. The lowest BCUT2D eigenvalue weighted by Gasteiger charge is -2.32. The molecule has 0 radical (unpaired) electrons. The molecule has 2 amide bonds. The number of aromatic amines is 1. The van der Waals surface area contributed by atoms with Crippen molar-refractivity contribution in [2.24, 2.45) is 5.92 Å². The van der Waals surface area contributed by atoms with Gasteiger partial charge in [0.25, 0.3) is 5.91 Å². The van der Waals surface area contributed by atoms with Crippen LogP contribution in [-0.2, 0) is 11.3 Å². The number of H-pyrrole nitrogens is 1. The highest BCUT2D eigenvalue weighted by molar-refractivity contribution is 5.94. The molecule has 3 rings (SSSR count). The van der Waals surface area contributed by atoms with Gasteiger partial charge in [-0.25, -0.2) is 0 Å². The standard InChI is InChI=1S/C21H27N3O3/c1-14-11-15(2)23-19(14)21(26)24-10-4-5-17(13-24)20(25)22-12-16-6-8-18(27-3)9-7-16/h6-9,11,17,23H,4-5,10,12-13H2,1-3H3,(H,22,25). The zero-order valence-electron chi connectivity index (χ0n) is 16.2. The Balaban J connectivity index is 1.57. The maximum absolute atomic E-state index is 12.8. The van der Waals surface area contributed by atoms with Gasteiger partial charge in [0.1, 0.15) is 11.4 Å². The second-order valence-corrected chi connectivity index (χ2v) is 7.17. The molecule has 0 bridgehead atoms. The van der Waals surface area contributed by atoms with E-state index in [4.69, 9.17) is 4.74 Å². The highest BCUT2D eigenvalue weighted by Crippen LogP contribution is 2.20. The van der Waals surface area contributed by atoms with Gasteiger partial charge in [0.15, 0.2) is 0 Å². The van der Waals surface area contributed by atoms with Gasteiger partial charge in [-0.1, -0.05) is 12.1 Å². The number of ether oxygens (including phenoxy) is 1. The summed E-state index contributed by atoms with van der Waals surface area (Å²) in [6.07, 6.45) is 1.64. The summed E-state index contributed by atoms with van der Waals surface area (Å²) in [6, 6.07) is 9.60. The molecular formula is C21H27N3O3. The first kappa shape index (κ1) is 19.0. The Labute approximate surface area is 159 Å². The smallest absolute Gasteiger partial charge is 0.270 e. The molecule has 1 fully saturated rings. The molecule has 2 aromatic rings. The Morgan fingerprint density at radius 1 is 1.26 bits per heavy atom. The fraction of sp³-hybridized carbons (Fsp3) is 0.429. The molecule has 0 aliphatic carbocycles. The van der Waals surface area contributed by atoms with Gasteiger partial charge in [-0.05, 0) is 56.0 Å². The second-order valence-electron chi connectivity index (χ2n) is 7.17. The fourth-order valence-corrected chi connectivity index (χ4v) is 3.56. The number of rotatable bonds is 5. The Morgan fingerprint density at radius 3 is 2.63 bits per heavy atom. The van der Waals surface area contributed by atoms with Crippen molar-refractivity contribution in [3.05, 3.63) is 52.8 Å². The van der Waals surface area contributed by atoms with E-state index in [0.717, 1.165) is 35.4 Å². The van der Waals surface area contributed by atoms with Crippen LogP contribution in [0.2, 0.25) is 0 Å². The lowest BCUT2D eigenvalue weighted by Crippen LogP contribution is -2.45. The number of aromatic nitrogens is 1. The number of hydrogen-bond acceptors (Lipinski definition) is 3. The third-order valence-corrected chi connectivity index (χ3v) is 5.07. The average Bonchev–Trinajstić information content (AvgIpc) is 3.04. The maximum Gasteiger partial charge on any atom is 0.270 e. The van der Waals surface area contributed by atoms with Gasteiger partial charge >= 0.3 is 0 Å². The van der Waals surface area contributed by atoms with Crippen LogP contribution < -0.4 is 10.1 Å². The van der Waals surface area contributed by atoms with E-state index in [1.54, 1.807) is 12.0 Å². The third kappa shape index (κ3) is 4.51. The first-order valence-electron chi connectivity index (χ1n) is 9.34. The number of amides is 2. The Morgan fingerprint density at radius 2 is 2.00 bits per heavy atom. The molecule has 1 aliphatic heterocycles. The number of piperidine rings is 1. The molecular weight excluding hydrogens is 342 g/mol. The minimum atomic E-state index is -0.169. The molecule has 6 heteroatoms. The van der Waals surface area contributed by atoms with Gasteiger partial charge in [-0.15, -0.1) is 0 Å². The SMILES string of the molecule is COc1ccc(CNC(=O)C2CCCN(C(=O)c3[nH]c(C)cc3C)C2)cc1. The summed E-state index contributed by atoms with van der Waals surface area (Å²) < 4.78 is 5.14. The molecule has 1 saturated heterocycles. The predicted molar refractivity (Wildman–Crippen MR) is 104 cm³/mol. The van der Waals surface area contributed by atoms with Crippen LogP contribution in [-0.4, -0.2) is 41.9 Å². The van der Waals surface area contributed by atoms with Crippen molar-refractivity contribution in [3.8, 4) is 5.75 Å². The zero-order valence-corrected chi connectivity index (χ0v) is 16.2. The van der Waals surface area contributed by atoms with Gasteiger partial charge in [-0.3, -0.25) is 9.59 Å². The lowest BCUT2D eigenvalue weighted by atomic mass is 9.96. The number of benzene rings is 1. The van der Waals surface area contributed by atoms with E-state index in [1.165, 1.54) is 0 Å². The molecule has 1 aromatic carbocycles. The highest BCUT2D eigenvalue weighted by Gasteiger charge is 2.29. The molecule has 1 aliphatic rings. The molecule has 2 heterocycles. The number of methoxy groups -OCH3 is 1. The number of likely N-dealkylation sites (tertiary alicyclic amines) is 1. The minimum Gasteiger partial charge on any atom is -0.497 e. The average molecular weight is 369 g/mol. The van der Waals surface area contributed by atoms with Gasteiger partial charge in [-0.2, -0.15) is 0 Å². The molecule has 27 heavy (non-hydrogen) atoms. The largest absolute Gasteiger partial charge is 0.497 e. The minimum absolute atomic E-state index is 0.00251. The van der Waals surface area contributed by atoms with Gasteiger partial charge in [0.05, 0.1) is 13.0 Å². The van der Waals surface area contributed by atoms with Crippen molar-refractivity contribution in [2.75, 3.05) is 20.2 Å². The topological polar surface area (TPSA) is 74.4 Å². The van der Waals surface area contributed by atoms with E-state index in [1.807, 2.05) is 44.2 Å². The van der Waals surface area contributed by atoms with Crippen LogP contribution in [0.3, 0.4) is 0 Å². The quantitative estimate of drug-likeness (QED) is 0.851. The lowest BCUT2D eigenvalue weighted by molar-refractivity contribution is -0.126. The van der Waals surface area contributed by atoms with Crippen molar-refractivity contribution in [2.45, 2.75) is 33.2 Å². The molecule has 0 spiro atoms. The maximum atomic E-state index is 12.8. The number of nitrogens with zero attached hydrogens (tertiary/aromatic N) is 1. The molecule has 1 atom stereocenters. The van der Waals surface area contributed by atoms with Crippen molar-refractivity contribution in [3.63, 3.8) is 0 Å². The van der Waals surface area contributed by atoms with Crippen molar-refractivity contribution in [1.29, 1.82) is 0 Å². The normalized spacial score (nSPS) is 16.9. The van der Waals surface area contributed by atoms with E-state index in [9.17, 15) is 9.59 Å². The van der Waals surface area contributed by atoms with E-state index < -0.39 is 0 Å². The number of carbonyl (C=O) groups excluding carboxylic acids is 2. The summed E-state index contributed by atoms with van der Waals surface area (Å²) >= 11 is 0. The van der Waals surface area contributed by atoms with Crippen molar-refractivity contribution >= 4 is 11.8 Å². The summed E-state index contributed by atoms with van der Waals surface area (Å²) in [6.45, 7) is 5.50. The van der Waals surface area contributed by atoms with Gasteiger partial charge in [0, 0.05) is 25.3 Å². The van der Waals surface area contributed by atoms with Gasteiger partial charge in [0.2, 0.25) is 5.91 Å². The van der Waals surface area contributed by atoms with E-state index in [0.29, 0.717) is 25.3 Å². The van der Waals surface area contributed by atoms with E-state index >= 15 is 0 Å². The Hall–Kier alpha value is -2.76.